The topological polar surface area (TPSA) is 89.5 Å². The van der Waals surface area contributed by atoms with Crippen molar-refractivity contribution in [2.75, 3.05) is 13.4 Å². The molecule has 1 N–H and O–H groups in total. The normalized spacial score (nSPS) is 12.2. The van der Waals surface area contributed by atoms with Crippen LogP contribution in [0.25, 0.3) is 0 Å². The standard InChI is InChI=1S/C18H19NO5S/c1-24-17(20)12-15(13-8-4-3-5-9-13)19-18(21)14-10-6-7-11-16(14)25(2,22)23/h3-11,15H,12H2,1-2H3,(H,19,21)/t15-/m1/s1. The van der Waals surface area contributed by atoms with E-state index in [9.17, 15) is 18.0 Å². The fraction of sp³-hybridized carbons (Fsp3) is 0.222. The lowest BCUT2D eigenvalue weighted by molar-refractivity contribution is -0.141. The predicted molar refractivity (Wildman–Crippen MR) is 92.8 cm³/mol. The largest absolute Gasteiger partial charge is 0.469 e. The maximum absolute atomic E-state index is 12.6. The number of carbonyl (C=O) groups excluding carboxylic acids is 2. The van der Waals surface area contributed by atoms with Crippen LogP contribution >= 0.6 is 0 Å². The molecule has 0 bridgehead atoms. The highest BCUT2D eigenvalue weighted by atomic mass is 32.2. The average Bonchev–Trinajstić information content (AvgIpc) is 2.61. The Kier molecular flexibility index (Phi) is 5.93. The van der Waals surface area contributed by atoms with Gasteiger partial charge < -0.3 is 10.1 Å². The maximum atomic E-state index is 12.6. The molecule has 2 rings (SSSR count). The van der Waals surface area contributed by atoms with Crippen molar-refractivity contribution in [1.82, 2.24) is 5.32 Å². The first kappa shape index (κ1) is 18.7. The second-order valence-electron chi connectivity index (χ2n) is 5.49. The van der Waals surface area contributed by atoms with Crippen molar-refractivity contribution in [3.05, 3.63) is 65.7 Å². The Morgan fingerprint density at radius 1 is 1.04 bits per heavy atom. The van der Waals surface area contributed by atoms with Crippen LogP contribution in [0.15, 0.2) is 59.5 Å². The molecule has 7 heteroatoms. The van der Waals surface area contributed by atoms with E-state index in [4.69, 9.17) is 0 Å². The maximum Gasteiger partial charge on any atom is 0.307 e. The molecule has 1 amide bonds. The van der Waals surface area contributed by atoms with Crippen molar-refractivity contribution in [2.45, 2.75) is 17.4 Å². The van der Waals surface area contributed by atoms with Gasteiger partial charge in [0.15, 0.2) is 9.84 Å². The molecule has 0 aliphatic rings. The minimum absolute atomic E-state index is 0.0378. The zero-order valence-electron chi connectivity index (χ0n) is 13.9. The fourth-order valence-electron chi connectivity index (χ4n) is 2.40. The van der Waals surface area contributed by atoms with E-state index in [1.807, 2.05) is 6.07 Å². The lowest BCUT2D eigenvalue weighted by Crippen LogP contribution is -2.31. The summed E-state index contributed by atoms with van der Waals surface area (Å²) < 4.78 is 28.4. The van der Waals surface area contributed by atoms with Crippen LogP contribution < -0.4 is 5.32 Å². The van der Waals surface area contributed by atoms with Crippen molar-refractivity contribution in [3.8, 4) is 0 Å². The van der Waals surface area contributed by atoms with Crippen LogP contribution in [0.5, 0.6) is 0 Å². The Morgan fingerprint density at radius 3 is 2.24 bits per heavy atom. The van der Waals surface area contributed by atoms with E-state index in [2.05, 4.69) is 10.1 Å². The Balaban J connectivity index is 2.34. The van der Waals surface area contributed by atoms with Crippen LogP contribution in [0.3, 0.4) is 0 Å². The van der Waals surface area contributed by atoms with Crippen molar-refractivity contribution in [2.24, 2.45) is 0 Å². The summed E-state index contributed by atoms with van der Waals surface area (Å²) in [4.78, 5) is 24.3. The van der Waals surface area contributed by atoms with Crippen LogP contribution in [-0.2, 0) is 19.4 Å². The SMILES string of the molecule is COC(=O)C[C@@H](NC(=O)c1ccccc1S(C)(=O)=O)c1ccccc1. The van der Waals surface area contributed by atoms with E-state index in [0.717, 1.165) is 11.8 Å². The van der Waals surface area contributed by atoms with Gasteiger partial charge in [-0.05, 0) is 17.7 Å². The number of hydrogen-bond donors (Lipinski definition) is 1. The summed E-state index contributed by atoms with van der Waals surface area (Å²) in [7, 11) is -2.29. The van der Waals surface area contributed by atoms with Gasteiger partial charge in [-0.1, -0.05) is 42.5 Å². The molecule has 0 saturated carbocycles. The van der Waals surface area contributed by atoms with E-state index in [1.165, 1.54) is 19.2 Å². The molecule has 0 spiro atoms. The van der Waals surface area contributed by atoms with Gasteiger partial charge in [0.25, 0.3) is 5.91 Å². The highest BCUT2D eigenvalue weighted by Gasteiger charge is 2.23. The molecule has 2 aromatic rings. The summed E-state index contributed by atoms with van der Waals surface area (Å²) in [5, 5.41) is 2.72. The highest BCUT2D eigenvalue weighted by Crippen LogP contribution is 2.20. The first-order valence-electron chi connectivity index (χ1n) is 7.54. The third-order valence-corrected chi connectivity index (χ3v) is 4.79. The third-order valence-electron chi connectivity index (χ3n) is 3.64. The Labute approximate surface area is 146 Å². The van der Waals surface area contributed by atoms with Crippen molar-refractivity contribution in [3.63, 3.8) is 0 Å². The lowest BCUT2D eigenvalue weighted by Gasteiger charge is -2.19. The Bertz CT molecular complexity index is 862. The van der Waals surface area contributed by atoms with Gasteiger partial charge in [-0.25, -0.2) is 8.42 Å². The Morgan fingerprint density at radius 2 is 1.64 bits per heavy atom. The first-order chi connectivity index (χ1) is 11.8. The second-order valence-corrected chi connectivity index (χ2v) is 7.47. The van der Waals surface area contributed by atoms with E-state index in [0.29, 0.717) is 0 Å². The molecular weight excluding hydrogens is 342 g/mol. The van der Waals surface area contributed by atoms with Gasteiger partial charge in [0, 0.05) is 6.26 Å². The molecule has 132 valence electrons. The number of esters is 1. The van der Waals surface area contributed by atoms with Crippen molar-refractivity contribution >= 4 is 21.7 Å². The molecule has 0 aliphatic carbocycles. The van der Waals surface area contributed by atoms with Crippen LogP contribution in [0.2, 0.25) is 0 Å². The lowest BCUT2D eigenvalue weighted by atomic mass is 10.0. The van der Waals surface area contributed by atoms with Gasteiger partial charge >= 0.3 is 5.97 Å². The van der Waals surface area contributed by atoms with Gasteiger partial charge in [-0.3, -0.25) is 9.59 Å². The summed E-state index contributed by atoms with van der Waals surface area (Å²) in [6.07, 6.45) is 0.982. The molecule has 0 heterocycles. The number of nitrogens with one attached hydrogen (secondary N) is 1. The van der Waals surface area contributed by atoms with E-state index in [-0.39, 0.29) is 16.9 Å². The molecule has 0 aliphatic heterocycles. The van der Waals surface area contributed by atoms with Crippen molar-refractivity contribution < 1.29 is 22.7 Å². The first-order valence-corrected chi connectivity index (χ1v) is 9.43. The molecular formula is C18H19NO5S. The monoisotopic (exact) mass is 361 g/mol. The molecule has 25 heavy (non-hydrogen) atoms. The van der Waals surface area contributed by atoms with Gasteiger partial charge in [-0.15, -0.1) is 0 Å². The minimum atomic E-state index is -3.56. The molecule has 0 unspecified atom stereocenters. The number of methoxy groups -OCH3 is 1. The number of ether oxygens (including phenoxy) is 1. The van der Waals surface area contributed by atoms with E-state index >= 15 is 0 Å². The zero-order valence-corrected chi connectivity index (χ0v) is 14.7. The van der Waals surface area contributed by atoms with Gasteiger partial charge in [0.2, 0.25) is 0 Å². The number of benzene rings is 2. The molecule has 1 atom stereocenters. The molecule has 6 nitrogen and oxygen atoms in total. The van der Waals surface area contributed by atoms with Gasteiger partial charge in [-0.2, -0.15) is 0 Å². The minimum Gasteiger partial charge on any atom is -0.469 e. The van der Waals surface area contributed by atoms with Gasteiger partial charge in [0.05, 0.1) is 30.0 Å². The van der Waals surface area contributed by atoms with E-state index < -0.39 is 27.8 Å². The fourth-order valence-corrected chi connectivity index (χ4v) is 3.29. The smallest absolute Gasteiger partial charge is 0.307 e. The predicted octanol–water partition coefficient (Wildman–Crippen LogP) is 2.12. The summed E-state index contributed by atoms with van der Waals surface area (Å²) in [5.74, 6) is -1.05. The van der Waals surface area contributed by atoms with Crippen molar-refractivity contribution in [1.29, 1.82) is 0 Å². The number of rotatable bonds is 6. The summed E-state index contributed by atoms with van der Waals surface area (Å²) in [5.41, 5.74) is 0.758. The average molecular weight is 361 g/mol. The number of carbonyl (C=O) groups is 2. The van der Waals surface area contributed by atoms with Gasteiger partial charge in [0.1, 0.15) is 0 Å². The Hall–Kier alpha value is -2.67. The molecule has 0 saturated heterocycles. The number of hydrogen-bond acceptors (Lipinski definition) is 5. The highest BCUT2D eigenvalue weighted by molar-refractivity contribution is 7.90. The number of sulfone groups is 1. The molecule has 2 aromatic carbocycles. The number of amides is 1. The van der Waals surface area contributed by atoms with Crippen LogP contribution in [0, 0.1) is 0 Å². The van der Waals surface area contributed by atoms with Crippen LogP contribution in [0.1, 0.15) is 28.4 Å². The quantitative estimate of drug-likeness (QED) is 0.796. The second kappa shape index (κ2) is 7.94. The summed E-state index contributed by atoms with van der Waals surface area (Å²) in [6.45, 7) is 0. The molecule has 0 fully saturated rings. The molecule has 0 radical (unpaired) electrons. The van der Waals surface area contributed by atoms with Crippen LogP contribution in [0.4, 0.5) is 0 Å². The summed E-state index contributed by atoms with van der Waals surface area (Å²) >= 11 is 0. The summed E-state index contributed by atoms with van der Waals surface area (Å²) in [6, 6.07) is 14.3. The van der Waals surface area contributed by atoms with Crippen LogP contribution in [-0.4, -0.2) is 33.7 Å². The third kappa shape index (κ3) is 4.90. The molecule has 0 aromatic heterocycles. The zero-order chi connectivity index (χ0) is 18.4. The van der Waals surface area contributed by atoms with E-state index in [1.54, 1.807) is 36.4 Å².